The number of aromatic nitrogens is 4. The molecule has 2 rings (SSSR count). The van der Waals surface area contributed by atoms with Gasteiger partial charge in [-0.3, -0.25) is 18.9 Å². The molecular formula is C14H30N6O8S2. The highest BCUT2D eigenvalue weighted by Crippen LogP contribution is 2.01. The molecule has 0 saturated heterocycles. The first-order valence-corrected chi connectivity index (χ1v) is 10.7. The van der Waals surface area contributed by atoms with Crippen molar-refractivity contribution in [1.29, 1.82) is 0 Å². The monoisotopic (exact) mass is 474 g/mol. The fourth-order valence-corrected chi connectivity index (χ4v) is 2.43. The third-order valence-electron chi connectivity index (χ3n) is 3.09. The van der Waals surface area contributed by atoms with Crippen LogP contribution in [0.3, 0.4) is 0 Å². The summed E-state index contributed by atoms with van der Waals surface area (Å²) in [6.07, 6.45) is 8.15. The molecule has 2 N–H and O–H groups in total. The van der Waals surface area contributed by atoms with Gasteiger partial charge >= 0.3 is 11.9 Å². The lowest BCUT2D eigenvalue weighted by Gasteiger charge is -2.05. The molecule has 0 aliphatic carbocycles. The topological polar surface area (TPSA) is 179 Å². The molecule has 2 heterocycles. The SMILES string of the molecule is CN(C)c1n(C)cc[n+]1C.CN(C)c1n(C)cc[n+]1C.O=S(=O)([O-])O.O=S(=O)([O-])O. The fraction of sp³-hybridized carbons (Fsp3) is 0.571. The third-order valence-corrected chi connectivity index (χ3v) is 3.09. The van der Waals surface area contributed by atoms with Crippen molar-refractivity contribution < 1.29 is 44.2 Å². The second-order valence-corrected chi connectivity index (χ2v) is 8.00. The summed E-state index contributed by atoms with van der Waals surface area (Å²) in [6.45, 7) is 0. The van der Waals surface area contributed by atoms with Gasteiger partial charge in [-0.2, -0.15) is 0 Å². The van der Waals surface area contributed by atoms with Gasteiger partial charge in [-0.15, -0.1) is 0 Å². The lowest BCUT2D eigenvalue weighted by molar-refractivity contribution is -0.657. The molecule has 0 aliphatic heterocycles. The Balaban J connectivity index is 0. The van der Waals surface area contributed by atoms with Crippen LogP contribution in [0.5, 0.6) is 0 Å². The highest BCUT2D eigenvalue weighted by molar-refractivity contribution is 7.80. The van der Waals surface area contributed by atoms with Crippen LogP contribution < -0.4 is 18.9 Å². The van der Waals surface area contributed by atoms with Gasteiger partial charge in [0.05, 0.1) is 81.2 Å². The van der Waals surface area contributed by atoms with Crippen LogP contribution in [0.1, 0.15) is 0 Å². The van der Waals surface area contributed by atoms with Gasteiger partial charge in [-0.25, -0.2) is 35.1 Å². The molecule has 0 unspecified atom stereocenters. The van der Waals surface area contributed by atoms with Crippen LogP contribution in [0.2, 0.25) is 0 Å². The van der Waals surface area contributed by atoms with Crippen LogP contribution in [-0.2, 0) is 49.0 Å². The predicted molar refractivity (Wildman–Crippen MR) is 106 cm³/mol. The van der Waals surface area contributed by atoms with E-state index in [-0.39, 0.29) is 0 Å². The first-order valence-electron chi connectivity index (χ1n) is 7.98. The first kappa shape index (κ1) is 30.0. The van der Waals surface area contributed by atoms with Crippen LogP contribution in [0.15, 0.2) is 24.8 Å². The van der Waals surface area contributed by atoms with Crippen molar-refractivity contribution in [3.63, 3.8) is 0 Å². The van der Waals surface area contributed by atoms with E-state index in [4.69, 9.17) is 35.0 Å². The Morgan fingerprint density at radius 1 is 0.767 bits per heavy atom. The minimum Gasteiger partial charge on any atom is -0.726 e. The molecule has 0 fully saturated rings. The van der Waals surface area contributed by atoms with E-state index in [0.717, 1.165) is 0 Å². The van der Waals surface area contributed by atoms with Crippen molar-refractivity contribution in [3.05, 3.63) is 24.8 Å². The average Bonchev–Trinajstić information content (AvgIpc) is 2.98. The van der Waals surface area contributed by atoms with E-state index in [9.17, 15) is 0 Å². The number of nitrogens with zero attached hydrogens (tertiary/aromatic N) is 6. The van der Waals surface area contributed by atoms with Crippen LogP contribution in [0.4, 0.5) is 11.9 Å². The maximum Gasteiger partial charge on any atom is 0.358 e. The Bertz CT molecular complexity index is 845. The first-order chi connectivity index (χ1) is 13.3. The highest BCUT2D eigenvalue weighted by Gasteiger charge is 2.12. The zero-order valence-corrected chi connectivity index (χ0v) is 19.8. The summed E-state index contributed by atoms with van der Waals surface area (Å²) in [5.74, 6) is 2.39. The van der Waals surface area contributed by atoms with Gasteiger partial charge in [0.2, 0.25) is 20.8 Å². The molecule has 14 nitrogen and oxygen atoms in total. The van der Waals surface area contributed by atoms with Gasteiger partial charge in [0.1, 0.15) is 0 Å². The quantitative estimate of drug-likeness (QED) is 0.276. The molecule has 0 amide bonds. The minimum atomic E-state index is -4.92. The van der Waals surface area contributed by atoms with Gasteiger partial charge < -0.3 is 9.11 Å². The molecule has 0 spiro atoms. The lowest BCUT2D eigenvalue weighted by atomic mass is 10.8. The normalized spacial score (nSPS) is 10.5. The molecule has 30 heavy (non-hydrogen) atoms. The number of aryl methyl sites for hydroxylation is 4. The van der Waals surface area contributed by atoms with Crippen LogP contribution in [-0.4, -0.2) is 72.4 Å². The van der Waals surface area contributed by atoms with E-state index in [1.54, 1.807) is 0 Å². The largest absolute Gasteiger partial charge is 0.726 e. The maximum atomic E-state index is 8.63. The van der Waals surface area contributed by atoms with E-state index >= 15 is 0 Å². The zero-order valence-electron chi connectivity index (χ0n) is 18.2. The Morgan fingerprint density at radius 2 is 0.967 bits per heavy atom. The van der Waals surface area contributed by atoms with Crippen molar-refractivity contribution in [3.8, 4) is 0 Å². The molecule has 0 aliphatic rings. The van der Waals surface area contributed by atoms with E-state index in [2.05, 4.69) is 28.1 Å². The zero-order chi connectivity index (χ0) is 24.4. The molecule has 0 bridgehead atoms. The number of hydrogen-bond acceptors (Lipinski definition) is 8. The summed E-state index contributed by atoms with van der Waals surface area (Å²) >= 11 is 0. The minimum absolute atomic E-state index is 1.19. The fourth-order valence-electron chi connectivity index (χ4n) is 2.43. The van der Waals surface area contributed by atoms with E-state index in [1.165, 1.54) is 11.9 Å². The molecule has 0 aromatic carbocycles. The van der Waals surface area contributed by atoms with Gasteiger partial charge in [0, 0.05) is 0 Å². The molecule has 2 aromatic heterocycles. The third kappa shape index (κ3) is 15.7. The molecule has 0 radical (unpaired) electrons. The average molecular weight is 475 g/mol. The van der Waals surface area contributed by atoms with Gasteiger partial charge in [-0.1, -0.05) is 0 Å². The van der Waals surface area contributed by atoms with Crippen molar-refractivity contribution in [2.75, 3.05) is 38.0 Å². The van der Waals surface area contributed by atoms with Gasteiger partial charge in [0.15, 0.2) is 0 Å². The molecule has 0 atom stereocenters. The van der Waals surface area contributed by atoms with Crippen molar-refractivity contribution in [1.82, 2.24) is 9.13 Å². The Hall–Kier alpha value is -2.24. The highest BCUT2D eigenvalue weighted by atomic mass is 32.3. The predicted octanol–water partition coefficient (Wildman–Crippen LogP) is -2.16. The summed E-state index contributed by atoms with van der Waals surface area (Å²) in [5.41, 5.74) is 0. The van der Waals surface area contributed by atoms with Crippen molar-refractivity contribution in [2.45, 2.75) is 0 Å². The Morgan fingerprint density at radius 3 is 1.03 bits per heavy atom. The van der Waals surface area contributed by atoms with E-state index < -0.39 is 20.8 Å². The standard InChI is InChI=1S/2C7H14N3.2H2O4S/c2*1-8(2)7-9(3)5-6-10(7)4;2*1-5(2,3)4/h2*5-6H,1-4H3;2*(H2,1,2,3,4)/q2*+1;;/p-2. The second-order valence-electron chi connectivity index (χ2n) is 6.28. The van der Waals surface area contributed by atoms with Crippen molar-refractivity contribution >= 4 is 32.7 Å². The lowest BCUT2D eigenvalue weighted by Crippen LogP contribution is -2.34. The molecule has 2 aromatic rings. The van der Waals surface area contributed by atoms with Gasteiger partial charge in [0.25, 0.3) is 0 Å². The Labute approximate surface area is 177 Å². The number of anilines is 2. The smallest absolute Gasteiger partial charge is 0.358 e. The van der Waals surface area contributed by atoms with Crippen molar-refractivity contribution in [2.24, 2.45) is 28.2 Å². The summed E-state index contributed by atoms with van der Waals surface area (Å²) in [4.78, 5) is 4.17. The molecule has 176 valence electrons. The van der Waals surface area contributed by atoms with Crippen LogP contribution in [0.25, 0.3) is 0 Å². The van der Waals surface area contributed by atoms with Crippen LogP contribution >= 0.6 is 0 Å². The summed E-state index contributed by atoms with van der Waals surface area (Å²) in [6, 6.07) is 0. The molecular weight excluding hydrogens is 444 g/mol. The van der Waals surface area contributed by atoms with Crippen LogP contribution in [0, 0.1) is 0 Å². The van der Waals surface area contributed by atoms with E-state index in [0.29, 0.717) is 0 Å². The molecule has 0 saturated carbocycles. The molecule has 16 heteroatoms. The number of hydrogen-bond donors (Lipinski definition) is 2. The summed E-state index contributed by atoms with van der Waals surface area (Å²) in [7, 11) is 6.46. The Kier molecular flexibility index (Phi) is 12.4. The summed E-state index contributed by atoms with van der Waals surface area (Å²) < 4.78 is 74.0. The maximum absolute atomic E-state index is 8.63. The second kappa shape index (κ2) is 12.5. The number of rotatable bonds is 2. The number of imidazole rings is 2. The summed E-state index contributed by atoms with van der Waals surface area (Å²) in [5, 5.41) is 0. The van der Waals surface area contributed by atoms with E-state index in [1.807, 2.05) is 81.2 Å². The van der Waals surface area contributed by atoms with Gasteiger partial charge in [-0.05, 0) is 0 Å².